The third-order valence-corrected chi connectivity index (χ3v) is 4.50. The Hall–Kier alpha value is -2.33. The summed E-state index contributed by atoms with van der Waals surface area (Å²) in [4.78, 5) is 11.2. The lowest BCUT2D eigenvalue weighted by Gasteiger charge is -2.31. The molecular weight excluding hydrogens is 290 g/mol. The molecule has 1 aliphatic carbocycles. The van der Waals surface area contributed by atoms with Crippen molar-refractivity contribution in [2.24, 2.45) is 0 Å². The van der Waals surface area contributed by atoms with Crippen molar-refractivity contribution in [1.29, 1.82) is 0 Å². The zero-order valence-electron chi connectivity index (χ0n) is 13.4. The van der Waals surface area contributed by atoms with E-state index in [4.69, 9.17) is 4.74 Å². The Morgan fingerprint density at radius 3 is 2.17 bits per heavy atom. The summed E-state index contributed by atoms with van der Waals surface area (Å²) in [5.74, 6) is -0.122. The van der Waals surface area contributed by atoms with Crippen LogP contribution in [0, 0.1) is 0 Å². The van der Waals surface area contributed by atoms with Crippen LogP contribution in [-0.2, 0) is 4.74 Å². The van der Waals surface area contributed by atoms with Crippen LogP contribution < -0.4 is 5.32 Å². The van der Waals surface area contributed by atoms with Gasteiger partial charge in [-0.3, -0.25) is 0 Å². The van der Waals surface area contributed by atoms with Crippen LogP contribution in [0.5, 0.6) is 0 Å². The molecule has 2 aromatic carbocycles. The summed E-state index contributed by atoms with van der Waals surface area (Å²) in [6, 6.07) is 16.3. The fourth-order valence-corrected chi connectivity index (χ4v) is 3.39. The molecular formula is C19H21NO3. The molecule has 0 saturated carbocycles. The van der Waals surface area contributed by atoms with E-state index in [1.54, 1.807) is 0 Å². The van der Waals surface area contributed by atoms with Crippen molar-refractivity contribution in [2.75, 3.05) is 13.7 Å². The molecule has 0 saturated heterocycles. The Morgan fingerprint density at radius 1 is 1.13 bits per heavy atom. The minimum absolute atomic E-state index is 0.122. The lowest BCUT2D eigenvalue weighted by atomic mass is 9.80. The first kappa shape index (κ1) is 15.6. The van der Waals surface area contributed by atoms with Crippen molar-refractivity contribution >= 4 is 6.09 Å². The fourth-order valence-electron chi connectivity index (χ4n) is 3.39. The minimum atomic E-state index is -1.00. The number of aliphatic hydroxyl groups is 1. The number of fused-ring (bicyclic) bond motifs is 3. The molecule has 1 amide bonds. The van der Waals surface area contributed by atoms with Gasteiger partial charge in [-0.1, -0.05) is 48.5 Å². The van der Waals surface area contributed by atoms with Gasteiger partial charge in [-0.2, -0.15) is 0 Å². The topological polar surface area (TPSA) is 58.6 Å². The van der Waals surface area contributed by atoms with Crippen LogP contribution in [0.2, 0.25) is 0 Å². The van der Waals surface area contributed by atoms with Gasteiger partial charge >= 0.3 is 6.09 Å². The van der Waals surface area contributed by atoms with Crippen molar-refractivity contribution in [3.8, 4) is 11.1 Å². The van der Waals surface area contributed by atoms with Gasteiger partial charge in [0.2, 0.25) is 0 Å². The van der Waals surface area contributed by atoms with Crippen molar-refractivity contribution in [3.05, 3.63) is 59.7 Å². The second-order valence-electron chi connectivity index (χ2n) is 6.10. The Labute approximate surface area is 136 Å². The molecule has 4 nitrogen and oxygen atoms in total. The quantitative estimate of drug-likeness (QED) is 0.911. The Morgan fingerprint density at radius 2 is 1.65 bits per heavy atom. The third kappa shape index (κ3) is 2.82. The van der Waals surface area contributed by atoms with E-state index in [2.05, 4.69) is 29.6 Å². The zero-order chi connectivity index (χ0) is 16.4. The molecule has 1 unspecified atom stereocenters. The molecule has 120 valence electrons. The number of carbonyl (C=O) groups excluding carboxylic acids is 1. The predicted octanol–water partition coefficient (Wildman–Crippen LogP) is 3.30. The maximum atomic E-state index is 11.2. The van der Waals surface area contributed by atoms with Crippen molar-refractivity contribution in [1.82, 2.24) is 5.32 Å². The number of hydrogen-bond donors (Lipinski definition) is 2. The number of amides is 1. The Balaban J connectivity index is 1.90. The lowest BCUT2D eigenvalue weighted by molar-refractivity contribution is 0.0155. The average Bonchev–Trinajstić information content (AvgIpc) is 2.89. The molecule has 0 aliphatic heterocycles. The summed E-state index contributed by atoms with van der Waals surface area (Å²) in [5, 5.41) is 13.5. The lowest BCUT2D eigenvalue weighted by Crippen LogP contribution is -2.35. The van der Waals surface area contributed by atoms with E-state index >= 15 is 0 Å². The fraction of sp³-hybridized carbons (Fsp3) is 0.316. The number of ether oxygens (including phenoxy) is 1. The molecule has 2 N–H and O–H groups in total. The van der Waals surface area contributed by atoms with Crippen molar-refractivity contribution in [3.63, 3.8) is 0 Å². The number of hydrogen-bond acceptors (Lipinski definition) is 3. The SMILES string of the molecule is CNC(=O)OCCC(C)(O)C1c2ccccc2-c2ccccc21. The molecule has 1 aliphatic rings. The van der Waals surface area contributed by atoms with E-state index in [-0.39, 0.29) is 12.5 Å². The highest BCUT2D eigenvalue weighted by atomic mass is 16.5. The van der Waals surface area contributed by atoms with E-state index in [0.29, 0.717) is 6.42 Å². The number of benzene rings is 2. The summed E-state index contributed by atoms with van der Waals surface area (Å²) in [7, 11) is 1.52. The Kier molecular flexibility index (Phi) is 4.09. The van der Waals surface area contributed by atoms with Crippen LogP contribution in [-0.4, -0.2) is 30.5 Å². The molecule has 0 fully saturated rings. The van der Waals surface area contributed by atoms with E-state index in [9.17, 15) is 9.90 Å². The summed E-state index contributed by atoms with van der Waals surface area (Å²) >= 11 is 0. The van der Waals surface area contributed by atoms with E-state index in [0.717, 1.165) is 11.1 Å². The van der Waals surface area contributed by atoms with Crippen LogP contribution >= 0.6 is 0 Å². The minimum Gasteiger partial charge on any atom is -0.449 e. The van der Waals surface area contributed by atoms with Gasteiger partial charge in [-0.05, 0) is 29.2 Å². The largest absolute Gasteiger partial charge is 0.449 e. The van der Waals surface area contributed by atoms with Crippen molar-refractivity contribution in [2.45, 2.75) is 24.9 Å². The van der Waals surface area contributed by atoms with Crippen LogP contribution in [0.3, 0.4) is 0 Å². The van der Waals surface area contributed by atoms with Gasteiger partial charge in [0.15, 0.2) is 0 Å². The highest BCUT2D eigenvalue weighted by molar-refractivity contribution is 5.79. The molecule has 0 spiro atoms. The number of alkyl carbamates (subject to hydrolysis) is 1. The molecule has 2 aromatic rings. The first-order valence-electron chi connectivity index (χ1n) is 7.79. The van der Waals surface area contributed by atoms with Gasteiger partial charge in [0.25, 0.3) is 0 Å². The second-order valence-corrected chi connectivity index (χ2v) is 6.10. The summed E-state index contributed by atoms with van der Waals surface area (Å²) in [6.07, 6.45) is -0.110. The predicted molar refractivity (Wildman–Crippen MR) is 89.4 cm³/mol. The second kappa shape index (κ2) is 6.05. The normalized spacial score (nSPS) is 15.4. The first-order chi connectivity index (χ1) is 11.0. The highest BCUT2D eigenvalue weighted by Gasteiger charge is 2.40. The third-order valence-electron chi connectivity index (χ3n) is 4.50. The molecule has 0 aromatic heterocycles. The standard InChI is InChI=1S/C19H21NO3/c1-19(22,11-12-23-18(21)20-2)17-15-9-5-3-7-13(15)14-8-4-6-10-16(14)17/h3-10,17,22H,11-12H2,1-2H3,(H,20,21). The number of rotatable bonds is 4. The van der Waals surface area contributed by atoms with Gasteiger partial charge in [-0.15, -0.1) is 0 Å². The average molecular weight is 311 g/mol. The molecule has 1 atom stereocenters. The van der Waals surface area contributed by atoms with E-state index < -0.39 is 11.7 Å². The van der Waals surface area contributed by atoms with Crippen LogP contribution in [0.15, 0.2) is 48.5 Å². The van der Waals surface area contributed by atoms with Crippen LogP contribution in [0.4, 0.5) is 4.79 Å². The number of nitrogens with one attached hydrogen (secondary N) is 1. The Bertz CT molecular complexity index is 679. The van der Waals surface area contributed by atoms with E-state index in [1.807, 2.05) is 31.2 Å². The highest BCUT2D eigenvalue weighted by Crippen LogP contribution is 2.50. The van der Waals surface area contributed by atoms with Gasteiger partial charge in [0.05, 0.1) is 12.2 Å². The molecule has 4 heteroatoms. The number of carbonyl (C=O) groups is 1. The van der Waals surface area contributed by atoms with Gasteiger partial charge in [-0.25, -0.2) is 4.79 Å². The van der Waals surface area contributed by atoms with Gasteiger partial charge < -0.3 is 15.2 Å². The molecule has 3 rings (SSSR count). The smallest absolute Gasteiger partial charge is 0.406 e. The van der Waals surface area contributed by atoms with Crippen molar-refractivity contribution < 1.29 is 14.6 Å². The maximum absolute atomic E-state index is 11.2. The monoisotopic (exact) mass is 311 g/mol. The van der Waals surface area contributed by atoms with Crippen LogP contribution in [0.1, 0.15) is 30.4 Å². The summed E-state index contributed by atoms with van der Waals surface area (Å²) in [5.41, 5.74) is 3.58. The molecule has 0 heterocycles. The van der Waals surface area contributed by atoms with E-state index in [1.165, 1.54) is 18.2 Å². The summed E-state index contributed by atoms with van der Waals surface area (Å²) < 4.78 is 5.05. The van der Waals surface area contributed by atoms with Crippen LogP contribution in [0.25, 0.3) is 11.1 Å². The zero-order valence-corrected chi connectivity index (χ0v) is 13.4. The molecule has 0 bridgehead atoms. The van der Waals surface area contributed by atoms with Gasteiger partial charge in [0, 0.05) is 19.4 Å². The van der Waals surface area contributed by atoms with Gasteiger partial charge in [0.1, 0.15) is 0 Å². The summed E-state index contributed by atoms with van der Waals surface area (Å²) in [6.45, 7) is 1.98. The molecule has 0 radical (unpaired) electrons. The first-order valence-corrected chi connectivity index (χ1v) is 7.79. The molecule has 23 heavy (non-hydrogen) atoms. The maximum Gasteiger partial charge on any atom is 0.406 e.